The van der Waals surface area contributed by atoms with Gasteiger partial charge in [0.1, 0.15) is 0 Å². The van der Waals surface area contributed by atoms with E-state index in [0.717, 1.165) is 71.3 Å². The van der Waals surface area contributed by atoms with Gasteiger partial charge in [-0.05, 0) is 47.9 Å². The molecule has 0 saturated heterocycles. The number of unbranched alkanes of at least 4 members (excludes halogenated alkanes) is 2. The van der Waals surface area contributed by atoms with Gasteiger partial charge in [0.2, 0.25) is 0 Å². The van der Waals surface area contributed by atoms with Gasteiger partial charge in [-0.25, -0.2) is 0 Å². The first kappa shape index (κ1) is 84.3. The molecule has 0 aliphatic rings. The van der Waals surface area contributed by atoms with Gasteiger partial charge in [-0.1, -0.05) is 316 Å². The third-order valence-electron chi connectivity index (χ3n) is 8.41. The molecule has 0 spiro atoms. The van der Waals surface area contributed by atoms with Gasteiger partial charge < -0.3 is 63.2 Å². The molecule has 0 saturated carbocycles. The Hall–Kier alpha value is -2.18. The Morgan fingerprint density at radius 3 is 0.550 bits per heavy atom. The minimum Gasteiger partial charge on any atom is -0.694 e. The molecule has 0 bridgehead atoms. The van der Waals surface area contributed by atoms with Crippen molar-refractivity contribution in [3.8, 4) is 11.8 Å². The largest absolute Gasteiger partial charge is 3.00 e. The van der Waals surface area contributed by atoms with Crippen molar-refractivity contribution < 1.29 is 65.4 Å². The smallest absolute Gasteiger partial charge is 0.694 e. The number of amidine groups is 4. The summed E-state index contributed by atoms with van der Waals surface area (Å²) in [6.07, 6.45) is 16.4. The minimum atomic E-state index is -1.49. The number of benzene rings is 4. The van der Waals surface area contributed by atoms with Crippen molar-refractivity contribution in [2.45, 2.75) is 197 Å². The Morgan fingerprint density at radius 2 is 0.463 bits per heavy atom. The predicted molar refractivity (Wildman–Crippen MR) is 376 cm³/mol. The van der Waals surface area contributed by atoms with Crippen LogP contribution in [0.25, 0.3) is 19.9 Å². The van der Waals surface area contributed by atoms with E-state index < -0.39 is 65.9 Å². The van der Waals surface area contributed by atoms with Gasteiger partial charge in [-0.15, -0.1) is 0 Å². The van der Waals surface area contributed by atoms with Gasteiger partial charge in [0.05, 0.1) is 0 Å². The third-order valence-corrected chi connectivity index (χ3v) is 15.5. The van der Waals surface area contributed by atoms with Crippen molar-refractivity contribution in [3.63, 3.8) is 0 Å². The Bertz CT molecular complexity index is 2130. The van der Waals surface area contributed by atoms with Crippen LogP contribution in [0.2, 0.25) is 157 Å². The number of hydrogen-bond donors (Lipinski definition) is 0. The summed E-state index contributed by atoms with van der Waals surface area (Å²) in [6, 6.07) is 41.3. The second-order valence-electron chi connectivity index (χ2n) is 26.9. The number of rotatable bonds is 14. The van der Waals surface area contributed by atoms with Gasteiger partial charge >= 0.3 is 65.4 Å². The maximum absolute atomic E-state index is 6.35. The molecule has 80 heavy (non-hydrogen) atoms. The Morgan fingerprint density at radius 1 is 0.312 bits per heavy atom. The first-order chi connectivity index (χ1) is 35.5. The van der Waals surface area contributed by atoms with Crippen LogP contribution in [0.3, 0.4) is 0 Å². The molecule has 0 atom stereocenters. The van der Waals surface area contributed by atoms with Crippen LogP contribution in [-0.2, 0) is 65.4 Å². The zero-order chi connectivity index (χ0) is 60.7. The average molecular weight is 1370 g/mol. The van der Waals surface area contributed by atoms with E-state index in [-0.39, 0.29) is 65.4 Å². The van der Waals surface area contributed by atoms with Crippen molar-refractivity contribution in [2.75, 3.05) is 0 Å². The molecule has 8 nitrogen and oxygen atoms in total. The summed E-state index contributed by atoms with van der Waals surface area (Å²) in [5.74, 6) is 8.38. The molecular formula is C62H106N8Si8Y2. The van der Waals surface area contributed by atoms with Gasteiger partial charge in [-0.3, -0.25) is 0 Å². The molecule has 0 unspecified atom stereocenters. The van der Waals surface area contributed by atoms with Crippen molar-refractivity contribution in [1.29, 1.82) is 0 Å². The zero-order valence-electron chi connectivity index (χ0n) is 55.1. The van der Waals surface area contributed by atoms with E-state index in [9.17, 15) is 0 Å². The summed E-state index contributed by atoms with van der Waals surface area (Å²) in [7, 11) is -11.9. The summed E-state index contributed by atoms with van der Waals surface area (Å²) in [5, 5.41) is 0. The molecule has 0 N–H and O–H groups in total. The Kier molecular flexibility index (Phi) is 43.2. The quantitative estimate of drug-likeness (QED) is 0.0394. The fourth-order valence-corrected chi connectivity index (χ4v) is 12.7. The van der Waals surface area contributed by atoms with E-state index in [0.29, 0.717) is 0 Å². The molecule has 4 rings (SSSR count). The van der Waals surface area contributed by atoms with Crippen molar-refractivity contribution in [2.24, 2.45) is 18.6 Å². The van der Waals surface area contributed by atoms with Crippen molar-refractivity contribution >= 4 is 89.2 Å². The second kappa shape index (κ2) is 41.0. The van der Waals surface area contributed by atoms with E-state index in [2.05, 4.69) is 266 Å². The maximum Gasteiger partial charge on any atom is 3.00 e. The molecule has 0 aliphatic carbocycles. The number of nitrogens with zero attached hydrogens (tertiary/aromatic N) is 8. The molecule has 4 aromatic rings. The van der Waals surface area contributed by atoms with Crippen LogP contribution in [0.15, 0.2) is 140 Å². The summed E-state index contributed by atoms with van der Waals surface area (Å²) >= 11 is 0. The average Bonchev–Trinajstić information content (AvgIpc) is 3.27. The molecule has 0 fully saturated rings. The fraction of sp³-hybridized carbons (Fsp3) is 0.484. The molecule has 18 heteroatoms. The van der Waals surface area contributed by atoms with Crippen molar-refractivity contribution in [1.82, 2.24) is 0 Å². The molecular weight excluding hydrogens is 1260 g/mol. The van der Waals surface area contributed by atoms with Crippen LogP contribution in [0.4, 0.5) is 0 Å². The van der Waals surface area contributed by atoms with Gasteiger partial charge in [-0.2, -0.15) is 0 Å². The first-order valence-corrected chi connectivity index (χ1v) is 55.4. The number of hydrogen-bond acceptors (Lipinski definition) is 4. The SMILES string of the molecule is C[Si](C)(C)/N=C(/[N-][Si](C)(C)C)c1ccccc1.C[Si](C)(C)/N=C(/[N-][Si](C)(C)C)c1ccccc1.C[Si](C)(C)/N=C(/[N-][Si](C)(C)C)c1ccccc1.C[Si](C)(C)/N=C(/[N-][Si](C)(C)C)c1ccccc1.[C-]#CCCC.[C-]#CCCC.[Y+3].[Y+3]. The van der Waals surface area contributed by atoms with E-state index in [1.807, 2.05) is 38.1 Å². The standard InChI is InChI=1S/4C13H23N2Si2.2C5H7.2Y/c4*1-16(2,3)14-13(15-17(4,5)6)12-10-8-7-9-11-12;2*1-3-5-4-2;;/h4*7-11H,1-6H3;2*3,5H2,1H3;;/q6*-1;2*+3. The van der Waals surface area contributed by atoms with Gasteiger partial charge in [0.15, 0.2) is 0 Å². The van der Waals surface area contributed by atoms with E-state index >= 15 is 0 Å². The molecule has 0 radical (unpaired) electrons. The molecule has 0 aliphatic heterocycles. The monoisotopic (exact) mass is 1360 g/mol. The van der Waals surface area contributed by atoms with Gasteiger partial charge in [0.25, 0.3) is 0 Å². The first-order valence-electron chi connectivity index (χ1n) is 27.8. The second-order valence-corrected chi connectivity index (χ2v) is 63.4. The van der Waals surface area contributed by atoms with E-state index in [1.165, 1.54) is 0 Å². The molecule has 432 valence electrons. The third kappa shape index (κ3) is 52.6. The minimum absolute atomic E-state index is 0. The van der Waals surface area contributed by atoms with Crippen LogP contribution >= 0.6 is 0 Å². The van der Waals surface area contributed by atoms with E-state index in [4.69, 9.17) is 51.4 Å². The Labute approximate surface area is 552 Å². The molecule has 4 aromatic carbocycles. The summed E-state index contributed by atoms with van der Waals surface area (Å²) in [4.78, 5) is 19.6. The summed E-state index contributed by atoms with van der Waals surface area (Å²) < 4.78 is 19.6. The van der Waals surface area contributed by atoms with Crippen LogP contribution in [0.5, 0.6) is 0 Å². The normalized spacial score (nSPS) is 12.4. The zero-order valence-corrected chi connectivity index (χ0v) is 68.8. The molecule has 0 heterocycles. The predicted octanol–water partition coefficient (Wildman–Crippen LogP) is 20.7. The van der Waals surface area contributed by atoms with Crippen LogP contribution in [0, 0.1) is 24.7 Å². The van der Waals surface area contributed by atoms with Crippen LogP contribution in [0.1, 0.15) is 61.8 Å². The van der Waals surface area contributed by atoms with E-state index in [1.54, 1.807) is 0 Å². The van der Waals surface area contributed by atoms with Crippen LogP contribution in [-0.4, -0.2) is 89.2 Å². The molecule has 0 aromatic heterocycles. The molecule has 0 amide bonds. The fourth-order valence-electron chi connectivity index (χ4n) is 5.76. The maximum atomic E-state index is 6.35. The van der Waals surface area contributed by atoms with Crippen molar-refractivity contribution in [3.05, 3.63) is 176 Å². The Balaban J connectivity index is -0.000000451. The van der Waals surface area contributed by atoms with Gasteiger partial charge in [0, 0.05) is 65.9 Å². The summed E-state index contributed by atoms with van der Waals surface area (Å²) in [5.41, 5.74) is 4.60. The van der Waals surface area contributed by atoms with Crippen LogP contribution < -0.4 is 0 Å². The topological polar surface area (TPSA) is 106 Å². The summed E-state index contributed by atoms with van der Waals surface area (Å²) in [6.45, 7) is 58.0.